The molecule has 17 heavy (non-hydrogen) atoms. The first-order valence-corrected chi connectivity index (χ1v) is 6.05. The van der Waals surface area contributed by atoms with E-state index in [0.29, 0.717) is 18.4 Å². The van der Waals surface area contributed by atoms with Crippen LogP contribution in [-0.4, -0.2) is 44.2 Å². The number of hydrogen-bond acceptors (Lipinski definition) is 3. The molecule has 1 aliphatic rings. The highest BCUT2D eigenvalue weighted by Crippen LogP contribution is 2.15. The van der Waals surface area contributed by atoms with Gasteiger partial charge in [-0.25, -0.2) is 4.39 Å². The number of hydrogen-bond donors (Lipinski definition) is 1. The molecule has 94 valence electrons. The third-order valence-electron chi connectivity index (χ3n) is 3.20. The zero-order valence-corrected chi connectivity index (χ0v) is 10.2. The summed E-state index contributed by atoms with van der Waals surface area (Å²) >= 11 is 0. The van der Waals surface area contributed by atoms with E-state index in [2.05, 4.69) is 17.3 Å². The molecule has 1 aromatic carbocycles. The summed E-state index contributed by atoms with van der Waals surface area (Å²) in [6.07, 6.45) is 1.18. The molecule has 1 saturated heterocycles. The van der Waals surface area contributed by atoms with Crippen molar-refractivity contribution in [3.05, 3.63) is 30.1 Å². The van der Waals surface area contributed by atoms with E-state index >= 15 is 0 Å². The fourth-order valence-corrected chi connectivity index (χ4v) is 2.06. The van der Waals surface area contributed by atoms with E-state index in [1.165, 1.54) is 12.5 Å². The fourth-order valence-electron chi connectivity index (χ4n) is 2.06. The Labute approximate surface area is 102 Å². The first-order valence-electron chi connectivity index (χ1n) is 6.05. The maximum absolute atomic E-state index is 13.3. The van der Waals surface area contributed by atoms with Crippen LogP contribution in [0.2, 0.25) is 0 Å². The summed E-state index contributed by atoms with van der Waals surface area (Å²) in [7, 11) is 2.09. The highest BCUT2D eigenvalue weighted by Gasteiger charge is 2.18. The summed E-state index contributed by atoms with van der Waals surface area (Å²) in [5.41, 5.74) is 0. The monoisotopic (exact) mass is 238 g/mol. The van der Waals surface area contributed by atoms with E-state index in [9.17, 15) is 4.39 Å². The van der Waals surface area contributed by atoms with Gasteiger partial charge in [0.15, 0.2) is 11.6 Å². The minimum Gasteiger partial charge on any atom is -0.489 e. The van der Waals surface area contributed by atoms with Gasteiger partial charge in [-0.05, 0) is 32.1 Å². The van der Waals surface area contributed by atoms with Crippen LogP contribution in [-0.2, 0) is 0 Å². The molecule has 0 spiro atoms. The van der Waals surface area contributed by atoms with Crippen molar-refractivity contribution in [2.75, 3.05) is 33.3 Å². The second kappa shape index (κ2) is 5.98. The van der Waals surface area contributed by atoms with Crippen LogP contribution in [0.5, 0.6) is 5.75 Å². The summed E-state index contributed by atoms with van der Waals surface area (Å²) in [5.74, 6) is 0.0446. The van der Waals surface area contributed by atoms with Crippen molar-refractivity contribution in [2.24, 2.45) is 0 Å². The Hall–Kier alpha value is -1.13. The second-order valence-electron chi connectivity index (χ2n) is 4.41. The smallest absolute Gasteiger partial charge is 0.165 e. The molecule has 0 aliphatic carbocycles. The van der Waals surface area contributed by atoms with Crippen molar-refractivity contribution < 1.29 is 9.13 Å². The van der Waals surface area contributed by atoms with Crippen molar-refractivity contribution in [3.8, 4) is 5.75 Å². The van der Waals surface area contributed by atoms with E-state index in [4.69, 9.17) is 4.74 Å². The maximum Gasteiger partial charge on any atom is 0.165 e. The maximum atomic E-state index is 13.3. The van der Waals surface area contributed by atoms with Crippen LogP contribution in [0.3, 0.4) is 0 Å². The van der Waals surface area contributed by atoms with Crippen LogP contribution in [0.15, 0.2) is 24.3 Å². The predicted octanol–water partition coefficient (Wildman–Crippen LogP) is 1.50. The second-order valence-corrected chi connectivity index (χ2v) is 4.41. The number of ether oxygens (including phenoxy) is 1. The van der Waals surface area contributed by atoms with Crippen LogP contribution in [0.4, 0.5) is 4.39 Å². The molecule has 0 aromatic heterocycles. The number of halogens is 1. The van der Waals surface area contributed by atoms with Gasteiger partial charge in [0.25, 0.3) is 0 Å². The SMILES string of the molecule is CN(CCOc1ccccc1F)C1CCNC1. The summed E-state index contributed by atoms with van der Waals surface area (Å²) in [5, 5.41) is 3.33. The molecule has 0 bridgehead atoms. The van der Waals surface area contributed by atoms with Crippen molar-refractivity contribution in [1.29, 1.82) is 0 Å². The Bertz CT molecular complexity index is 353. The Morgan fingerprint density at radius 3 is 3.00 bits per heavy atom. The lowest BCUT2D eigenvalue weighted by Gasteiger charge is -2.23. The molecule has 2 rings (SSSR count). The van der Waals surface area contributed by atoms with Gasteiger partial charge in [-0.15, -0.1) is 0 Å². The average molecular weight is 238 g/mol. The molecular formula is C13H19FN2O. The normalized spacial score (nSPS) is 19.8. The lowest BCUT2D eigenvalue weighted by molar-refractivity contribution is 0.195. The summed E-state index contributed by atoms with van der Waals surface area (Å²) in [6.45, 7) is 3.47. The molecule has 1 aromatic rings. The topological polar surface area (TPSA) is 24.5 Å². The molecule has 1 aliphatic heterocycles. The van der Waals surface area contributed by atoms with Gasteiger partial charge in [0.2, 0.25) is 0 Å². The van der Waals surface area contributed by atoms with Gasteiger partial charge in [-0.2, -0.15) is 0 Å². The Morgan fingerprint density at radius 1 is 1.47 bits per heavy atom. The van der Waals surface area contributed by atoms with Gasteiger partial charge in [0.1, 0.15) is 6.61 Å². The van der Waals surface area contributed by atoms with E-state index in [1.807, 2.05) is 0 Å². The van der Waals surface area contributed by atoms with Crippen molar-refractivity contribution in [2.45, 2.75) is 12.5 Å². The van der Waals surface area contributed by atoms with Crippen molar-refractivity contribution >= 4 is 0 Å². The van der Waals surface area contributed by atoms with Crippen LogP contribution in [0.1, 0.15) is 6.42 Å². The molecule has 1 fully saturated rings. The lowest BCUT2D eigenvalue weighted by atomic mass is 10.2. The Morgan fingerprint density at radius 2 is 2.29 bits per heavy atom. The zero-order chi connectivity index (χ0) is 12.1. The average Bonchev–Trinajstić information content (AvgIpc) is 2.85. The largest absolute Gasteiger partial charge is 0.489 e. The summed E-state index contributed by atoms with van der Waals surface area (Å²) < 4.78 is 18.7. The molecular weight excluding hydrogens is 219 g/mol. The van der Waals surface area contributed by atoms with Gasteiger partial charge >= 0.3 is 0 Å². The number of likely N-dealkylation sites (N-methyl/N-ethyl adjacent to an activating group) is 1. The third kappa shape index (κ3) is 3.41. The zero-order valence-electron chi connectivity index (χ0n) is 10.2. The fraction of sp³-hybridized carbons (Fsp3) is 0.538. The molecule has 1 N–H and O–H groups in total. The lowest BCUT2D eigenvalue weighted by Crippen LogP contribution is -2.36. The van der Waals surface area contributed by atoms with Gasteiger partial charge in [-0.1, -0.05) is 12.1 Å². The first kappa shape index (κ1) is 12.3. The van der Waals surface area contributed by atoms with Crippen LogP contribution in [0, 0.1) is 5.82 Å². The quantitative estimate of drug-likeness (QED) is 0.841. The summed E-state index contributed by atoms with van der Waals surface area (Å²) in [4.78, 5) is 2.26. The van der Waals surface area contributed by atoms with E-state index in [-0.39, 0.29) is 5.82 Å². The number of nitrogens with zero attached hydrogens (tertiary/aromatic N) is 1. The molecule has 0 radical (unpaired) electrons. The van der Waals surface area contributed by atoms with E-state index in [1.54, 1.807) is 18.2 Å². The summed E-state index contributed by atoms with van der Waals surface area (Å²) in [6, 6.07) is 7.10. The molecule has 4 heteroatoms. The standard InChI is InChI=1S/C13H19FN2O/c1-16(11-6-7-15-10-11)8-9-17-13-5-3-2-4-12(13)14/h2-5,11,15H,6-10H2,1H3. The predicted molar refractivity (Wildman–Crippen MR) is 65.8 cm³/mol. The number of nitrogens with one attached hydrogen (secondary N) is 1. The minimum absolute atomic E-state index is 0.294. The Balaban J connectivity index is 1.74. The third-order valence-corrected chi connectivity index (χ3v) is 3.20. The molecule has 0 saturated carbocycles. The first-order chi connectivity index (χ1) is 8.27. The van der Waals surface area contributed by atoms with Crippen LogP contribution < -0.4 is 10.1 Å². The van der Waals surface area contributed by atoms with E-state index in [0.717, 1.165) is 19.6 Å². The molecule has 3 nitrogen and oxygen atoms in total. The number of benzene rings is 1. The molecule has 1 atom stereocenters. The molecule has 1 heterocycles. The molecule has 0 amide bonds. The van der Waals surface area contributed by atoms with Crippen molar-refractivity contribution in [1.82, 2.24) is 10.2 Å². The number of para-hydroxylation sites is 1. The van der Waals surface area contributed by atoms with Crippen molar-refractivity contribution in [3.63, 3.8) is 0 Å². The minimum atomic E-state index is -0.294. The highest BCUT2D eigenvalue weighted by molar-refractivity contribution is 5.23. The van der Waals surface area contributed by atoms with E-state index < -0.39 is 0 Å². The molecule has 1 unspecified atom stereocenters. The van der Waals surface area contributed by atoms with Gasteiger partial charge < -0.3 is 10.1 Å². The number of rotatable bonds is 5. The van der Waals surface area contributed by atoms with Gasteiger partial charge in [0.05, 0.1) is 0 Å². The van der Waals surface area contributed by atoms with Gasteiger partial charge in [-0.3, -0.25) is 4.90 Å². The van der Waals surface area contributed by atoms with Crippen LogP contribution >= 0.6 is 0 Å². The van der Waals surface area contributed by atoms with Gasteiger partial charge in [0, 0.05) is 19.1 Å². The highest BCUT2D eigenvalue weighted by atomic mass is 19.1. The van der Waals surface area contributed by atoms with Crippen LogP contribution in [0.25, 0.3) is 0 Å². The Kier molecular flexibility index (Phi) is 4.34.